The Morgan fingerprint density at radius 3 is 2.15 bits per heavy atom. The Labute approximate surface area is 80.6 Å². The highest BCUT2D eigenvalue weighted by Crippen LogP contribution is 2.10. The van der Waals surface area contributed by atoms with E-state index in [-0.39, 0.29) is 12.2 Å². The summed E-state index contributed by atoms with van der Waals surface area (Å²) >= 11 is 0. The van der Waals surface area contributed by atoms with E-state index < -0.39 is 0 Å². The lowest BCUT2D eigenvalue weighted by molar-refractivity contribution is -0.916. The molecule has 1 atom stereocenters. The second-order valence-corrected chi connectivity index (χ2v) is 4.16. The smallest absolute Gasteiger partial charge is 0.337 e. The molecule has 0 heterocycles. The number of nitrogens with zero attached hydrogens (tertiary/aromatic N) is 1. The molecular formula is C10H20NO2+. The number of rotatable bonds is 4. The SMILES string of the molecule is C=C(C)C(=O)OC(CC)[N+](C)(C)C. The molecule has 0 aromatic rings. The molecule has 0 saturated carbocycles. The van der Waals surface area contributed by atoms with Crippen LogP contribution in [0.4, 0.5) is 0 Å². The van der Waals surface area contributed by atoms with Crippen LogP contribution in [0.25, 0.3) is 0 Å². The van der Waals surface area contributed by atoms with Gasteiger partial charge in [-0.15, -0.1) is 0 Å². The lowest BCUT2D eigenvalue weighted by Gasteiger charge is -2.32. The molecule has 0 rings (SSSR count). The molecule has 13 heavy (non-hydrogen) atoms. The summed E-state index contributed by atoms with van der Waals surface area (Å²) in [6.45, 7) is 7.20. The summed E-state index contributed by atoms with van der Waals surface area (Å²) < 4.78 is 5.88. The number of carbonyl (C=O) groups excluding carboxylic acids is 1. The zero-order chi connectivity index (χ0) is 10.6. The maximum absolute atomic E-state index is 11.2. The van der Waals surface area contributed by atoms with Gasteiger partial charge in [-0.3, -0.25) is 4.48 Å². The number of quaternary nitrogens is 1. The Balaban J connectivity index is 4.31. The van der Waals surface area contributed by atoms with Crippen molar-refractivity contribution in [1.82, 2.24) is 0 Å². The normalized spacial score (nSPS) is 13.6. The topological polar surface area (TPSA) is 26.3 Å². The van der Waals surface area contributed by atoms with Crippen LogP contribution >= 0.6 is 0 Å². The molecule has 0 N–H and O–H groups in total. The van der Waals surface area contributed by atoms with Crippen LogP contribution in [0.1, 0.15) is 20.3 Å². The van der Waals surface area contributed by atoms with Crippen LogP contribution in [-0.2, 0) is 9.53 Å². The minimum atomic E-state index is -0.306. The summed E-state index contributed by atoms with van der Waals surface area (Å²) in [5, 5.41) is 0. The summed E-state index contributed by atoms with van der Waals surface area (Å²) in [5.74, 6) is -0.306. The molecule has 0 fully saturated rings. The Morgan fingerprint density at radius 1 is 1.46 bits per heavy atom. The van der Waals surface area contributed by atoms with E-state index in [4.69, 9.17) is 4.74 Å². The van der Waals surface area contributed by atoms with Crippen molar-refractivity contribution in [2.45, 2.75) is 26.5 Å². The number of hydrogen-bond acceptors (Lipinski definition) is 2. The molecule has 0 aliphatic rings. The van der Waals surface area contributed by atoms with Crippen LogP contribution in [0.5, 0.6) is 0 Å². The van der Waals surface area contributed by atoms with Gasteiger partial charge in [-0.25, -0.2) is 4.79 Å². The fourth-order valence-corrected chi connectivity index (χ4v) is 1.01. The van der Waals surface area contributed by atoms with Gasteiger partial charge in [-0.1, -0.05) is 13.5 Å². The average molecular weight is 186 g/mol. The van der Waals surface area contributed by atoms with Crippen molar-refractivity contribution >= 4 is 5.97 Å². The van der Waals surface area contributed by atoms with Gasteiger partial charge >= 0.3 is 5.97 Å². The number of carbonyl (C=O) groups is 1. The van der Waals surface area contributed by atoms with E-state index in [2.05, 4.69) is 6.58 Å². The fourth-order valence-electron chi connectivity index (χ4n) is 1.01. The van der Waals surface area contributed by atoms with Crippen LogP contribution in [-0.4, -0.2) is 37.8 Å². The molecule has 0 spiro atoms. The quantitative estimate of drug-likeness (QED) is 0.288. The molecule has 3 nitrogen and oxygen atoms in total. The van der Waals surface area contributed by atoms with Gasteiger partial charge in [0.1, 0.15) is 0 Å². The minimum absolute atomic E-state index is 0.0933. The Kier molecular flexibility index (Phi) is 4.14. The van der Waals surface area contributed by atoms with E-state index >= 15 is 0 Å². The van der Waals surface area contributed by atoms with Crippen molar-refractivity contribution < 1.29 is 14.0 Å². The number of esters is 1. The maximum atomic E-state index is 11.2. The van der Waals surface area contributed by atoms with Crippen molar-refractivity contribution in [1.29, 1.82) is 0 Å². The third kappa shape index (κ3) is 4.08. The molecule has 0 radical (unpaired) electrons. The first-order chi connectivity index (χ1) is 5.79. The van der Waals surface area contributed by atoms with Gasteiger partial charge in [0.05, 0.1) is 21.1 Å². The monoisotopic (exact) mass is 186 g/mol. The summed E-state index contributed by atoms with van der Waals surface area (Å²) in [4.78, 5) is 11.2. The first-order valence-electron chi connectivity index (χ1n) is 4.46. The molecule has 0 bridgehead atoms. The highest BCUT2D eigenvalue weighted by Gasteiger charge is 2.25. The van der Waals surface area contributed by atoms with E-state index in [1.165, 1.54) is 0 Å². The van der Waals surface area contributed by atoms with Gasteiger partial charge in [-0.05, 0) is 6.92 Å². The van der Waals surface area contributed by atoms with Crippen LogP contribution < -0.4 is 0 Å². The van der Waals surface area contributed by atoms with Crippen molar-refractivity contribution in [2.24, 2.45) is 0 Å². The first kappa shape index (κ1) is 12.2. The van der Waals surface area contributed by atoms with Crippen LogP contribution in [0.2, 0.25) is 0 Å². The summed E-state index contributed by atoms with van der Waals surface area (Å²) in [6, 6.07) is 0. The third-order valence-corrected chi connectivity index (χ3v) is 1.80. The lowest BCUT2D eigenvalue weighted by atomic mass is 10.3. The van der Waals surface area contributed by atoms with E-state index in [1.54, 1.807) is 6.92 Å². The van der Waals surface area contributed by atoms with Crippen molar-refractivity contribution in [3.05, 3.63) is 12.2 Å². The van der Waals surface area contributed by atoms with Gasteiger partial charge < -0.3 is 4.74 Å². The summed E-state index contributed by atoms with van der Waals surface area (Å²) in [5.41, 5.74) is 0.451. The molecule has 1 unspecified atom stereocenters. The van der Waals surface area contributed by atoms with Crippen LogP contribution in [0, 0.1) is 0 Å². The summed E-state index contributed by atoms with van der Waals surface area (Å²) in [6.07, 6.45) is 0.715. The maximum Gasteiger partial charge on any atom is 0.337 e. The molecule has 0 aromatic heterocycles. The zero-order valence-corrected chi connectivity index (χ0v) is 9.26. The van der Waals surface area contributed by atoms with Crippen molar-refractivity contribution in [3.63, 3.8) is 0 Å². The Bertz CT molecular complexity index is 203. The Hall–Kier alpha value is -0.830. The molecule has 0 amide bonds. The average Bonchev–Trinajstić information content (AvgIpc) is 1.96. The van der Waals surface area contributed by atoms with Gasteiger partial charge in [-0.2, -0.15) is 0 Å². The number of hydrogen-bond donors (Lipinski definition) is 0. The second-order valence-electron chi connectivity index (χ2n) is 4.16. The minimum Gasteiger partial charge on any atom is -0.409 e. The van der Waals surface area contributed by atoms with Gasteiger partial charge in [0.25, 0.3) is 0 Å². The van der Waals surface area contributed by atoms with Crippen LogP contribution in [0.3, 0.4) is 0 Å². The predicted molar refractivity (Wildman–Crippen MR) is 53.0 cm³/mol. The van der Waals surface area contributed by atoms with E-state index in [1.807, 2.05) is 28.1 Å². The molecular weight excluding hydrogens is 166 g/mol. The second kappa shape index (κ2) is 4.42. The fraction of sp³-hybridized carbons (Fsp3) is 0.700. The Morgan fingerprint density at radius 2 is 1.92 bits per heavy atom. The van der Waals surface area contributed by atoms with E-state index in [0.717, 1.165) is 6.42 Å². The first-order valence-corrected chi connectivity index (χ1v) is 4.46. The molecule has 0 saturated heterocycles. The highest BCUT2D eigenvalue weighted by molar-refractivity contribution is 5.86. The standard InChI is InChI=1S/C10H20NO2/c1-7-9(11(4,5)6)13-10(12)8(2)3/h9H,2,7H2,1,3-6H3/q+1. The predicted octanol–water partition coefficient (Wildman–Crippen LogP) is 1.55. The van der Waals surface area contributed by atoms with Gasteiger partial charge in [0.2, 0.25) is 6.23 Å². The van der Waals surface area contributed by atoms with Crippen molar-refractivity contribution in [3.8, 4) is 0 Å². The molecule has 3 heteroatoms. The molecule has 0 aliphatic heterocycles. The van der Waals surface area contributed by atoms with E-state index in [0.29, 0.717) is 10.1 Å². The third-order valence-electron chi connectivity index (χ3n) is 1.80. The molecule has 76 valence electrons. The highest BCUT2D eigenvalue weighted by atomic mass is 16.6. The molecule has 0 aliphatic carbocycles. The zero-order valence-electron chi connectivity index (χ0n) is 9.26. The lowest BCUT2D eigenvalue weighted by Crippen LogP contribution is -2.47. The summed E-state index contributed by atoms with van der Waals surface area (Å²) in [7, 11) is 6.00. The van der Waals surface area contributed by atoms with Crippen LogP contribution in [0.15, 0.2) is 12.2 Å². The van der Waals surface area contributed by atoms with E-state index in [9.17, 15) is 4.79 Å². The largest absolute Gasteiger partial charge is 0.409 e. The number of ether oxygens (including phenoxy) is 1. The molecule has 0 aromatic carbocycles. The van der Waals surface area contributed by atoms with Gasteiger partial charge in [0, 0.05) is 12.0 Å². The van der Waals surface area contributed by atoms with Crippen molar-refractivity contribution in [2.75, 3.05) is 21.1 Å². The van der Waals surface area contributed by atoms with Gasteiger partial charge in [0.15, 0.2) is 0 Å².